The molecule has 0 atom stereocenters. The minimum atomic E-state index is -2.88. The first kappa shape index (κ1) is 26.0. The molecule has 0 radical (unpaired) electrons. The zero-order chi connectivity index (χ0) is 27.0. The second-order valence-corrected chi connectivity index (χ2v) is 10.5. The lowest BCUT2D eigenvalue weighted by Crippen LogP contribution is -2.29. The van der Waals surface area contributed by atoms with Crippen molar-refractivity contribution < 1.29 is 18.4 Å². The molecule has 0 unspecified atom stereocenters. The van der Waals surface area contributed by atoms with Crippen molar-refractivity contribution >= 4 is 34.2 Å². The first-order chi connectivity index (χ1) is 18.2. The van der Waals surface area contributed by atoms with Crippen molar-refractivity contribution in [2.45, 2.75) is 52.6 Å². The van der Waals surface area contributed by atoms with Crippen molar-refractivity contribution in [1.82, 2.24) is 14.9 Å². The number of pyridine rings is 1. The summed E-state index contributed by atoms with van der Waals surface area (Å²) in [6.45, 7) is 4.84. The fourth-order valence-corrected chi connectivity index (χ4v) is 4.86. The van der Waals surface area contributed by atoms with E-state index in [0.29, 0.717) is 10.6 Å². The lowest BCUT2D eigenvalue weighted by Gasteiger charge is -2.13. The SMILES string of the molecule is CCn1c(-c2ccc(Cl)cc2)cc2cc(CC(=O)c3cc(CNC(=O)C4(C)CC4)cnc3C(F)F)ccc21. The van der Waals surface area contributed by atoms with Gasteiger partial charge in [0.15, 0.2) is 5.78 Å². The van der Waals surface area contributed by atoms with Gasteiger partial charge in [-0.1, -0.05) is 36.7 Å². The van der Waals surface area contributed by atoms with Crippen molar-refractivity contribution in [3.63, 3.8) is 0 Å². The average Bonchev–Trinajstić information content (AvgIpc) is 3.56. The Morgan fingerprint density at radius 3 is 2.47 bits per heavy atom. The van der Waals surface area contributed by atoms with Gasteiger partial charge in [0.1, 0.15) is 5.69 Å². The molecule has 0 aliphatic heterocycles. The van der Waals surface area contributed by atoms with Gasteiger partial charge in [0.25, 0.3) is 6.43 Å². The number of nitrogens with zero attached hydrogens (tertiary/aromatic N) is 2. The molecule has 5 nitrogen and oxygen atoms in total. The number of rotatable bonds is 9. The van der Waals surface area contributed by atoms with Crippen molar-refractivity contribution in [3.8, 4) is 11.3 Å². The van der Waals surface area contributed by atoms with Crippen LogP contribution in [0.25, 0.3) is 22.2 Å². The highest BCUT2D eigenvalue weighted by Crippen LogP contribution is 2.45. The summed E-state index contributed by atoms with van der Waals surface area (Å²) in [7, 11) is 0. The maximum absolute atomic E-state index is 13.7. The lowest BCUT2D eigenvalue weighted by molar-refractivity contribution is -0.125. The second-order valence-electron chi connectivity index (χ2n) is 10.1. The molecule has 1 saturated carbocycles. The van der Waals surface area contributed by atoms with E-state index in [2.05, 4.69) is 27.9 Å². The number of amides is 1. The number of aryl methyl sites for hydroxylation is 1. The zero-order valence-electron chi connectivity index (χ0n) is 21.2. The number of ketones is 1. The van der Waals surface area contributed by atoms with E-state index in [4.69, 9.17) is 11.6 Å². The van der Waals surface area contributed by atoms with Crippen LogP contribution >= 0.6 is 11.6 Å². The molecule has 1 aliphatic rings. The van der Waals surface area contributed by atoms with Crippen LogP contribution in [0, 0.1) is 5.41 Å². The molecule has 0 spiro atoms. The largest absolute Gasteiger partial charge is 0.351 e. The molecule has 8 heteroatoms. The molecule has 1 aliphatic carbocycles. The van der Waals surface area contributed by atoms with Crippen LogP contribution in [-0.2, 0) is 24.3 Å². The minimum absolute atomic E-state index is 0.0429. The quantitative estimate of drug-likeness (QED) is 0.231. The van der Waals surface area contributed by atoms with E-state index >= 15 is 0 Å². The van der Waals surface area contributed by atoms with Crippen molar-refractivity contribution in [1.29, 1.82) is 0 Å². The van der Waals surface area contributed by atoms with Crippen molar-refractivity contribution in [2.75, 3.05) is 0 Å². The Hall–Kier alpha value is -3.58. The highest BCUT2D eigenvalue weighted by molar-refractivity contribution is 6.30. The predicted octanol–water partition coefficient (Wildman–Crippen LogP) is 7.16. The average molecular weight is 536 g/mol. The van der Waals surface area contributed by atoms with Crippen LogP contribution < -0.4 is 5.32 Å². The lowest BCUT2D eigenvalue weighted by atomic mass is 9.99. The zero-order valence-corrected chi connectivity index (χ0v) is 22.0. The molecule has 38 heavy (non-hydrogen) atoms. The van der Waals surface area contributed by atoms with Gasteiger partial charge in [-0.15, -0.1) is 0 Å². The Morgan fingerprint density at radius 1 is 1.08 bits per heavy atom. The number of nitrogens with one attached hydrogen (secondary N) is 1. The number of hydrogen-bond acceptors (Lipinski definition) is 3. The standard InChI is InChI=1S/C30H28ClF2N3O2/c1-3-36-24-9-4-18(12-21(24)15-25(36)20-5-7-22(31)8-6-20)14-26(37)23-13-19(16-34-27(23)28(32)33)17-35-29(38)30(2)10-11-30/h4-9,12-13,15-16,28H,3,10-11,14,17H2,1-2H3,(H,35,38). The number of aromatic nitrogens is 2. The summed E-state index contributed by atoms with van der Waals surface area (Å²) in [5.41, 5.74) is 3.31. The Morgan fingerprint density at radius 2 is 1.82 bits per heavy atom. The maximum atomic E-state index is 13.7. The molecule has 1 amide bonds. The molecule has 0 saturated heterocycles. The molecule has 2 aromatic heterocycles. The van der Waals surface area contributed by atoms with Gasteiger partial charge in [0, 0.05) is 58.3 Å². The monoisotopic (exact) mass is 535 g/mol. The molecule has 196 valence electrons. The van der Waals surface area contributed by atoms with E-state index in [1.165, 1.54) is 12.3 Å². The number of hydrogen-bond donors (Lipinski definition) is 1. The second kappa shape index (κ2) is 10.3. The first-order valence-corrected chi connectivity index (χ1v) is 13.0. The normalized spacial score (nSPS) is 14.2. The molecular formula is C30H28ClF2N3O2. The molecule has 0 bridgehead atoms. The number of Topliss-reactive ketones (excluding diaryl/α,β-unsaturated/α-hetero) is 1. The van der Waals surface area contributed by atoms with Crippen molar-refractivity contribution in [3.05, 3.63) is 88.2 Å². The molecular weight excluding hydrogens is 508 g/mol. The van der Waals surface area contributed by atoms with Crippen LogP contribution in [0.3, 0.4) is 0 Å². The van der Waals surface area contributed by atoms with E-state index in [-0.39, 0.29) is 29.9 Å². The molecule has 5 rings (SSSR count). The van der Waals surface area contributed by atoms with Gasteiger partial charge >= 0.3 is 0 Å². The van der Waals surface area contributed by atoms with Gasteiger partial charge in [-0.2, -0.15) is 0 Å². The van der Waals surface area contributed by atoms with Crippen LogP contribution in [-0.4, -0.2) is 21.2 Å². The van der Waals surface area contributed by atoms with E-state index in [9.17, 15) is 18.4 Å². The molecule has 1 fully saturated rings. The van der Waals surface area contributed by atoms with E-state index in [1.54, 1.807) is 0 Å². The fourth-order valence-electron chi connectivity index (χ4n) is 4.73. The van der Waals surface area contributed by atoms with Gasteiger partial charge in [0.2, 0.25) is 5.91 Å². The summed E-state index contributed by atoms with van der Waals surface area (Å²) in [5.74, 6) is -0.518. The van der Waals surface area contributed by atoms with Crippen LogP contribution in [0.2, 0.25) is 5.02 Å². The van der Waals surface area contributed by atoms with Gasteiger partial charge in [-0.25, -0.2) is 8.78 Å². The minimum Gasteiger partial charge on any atom is -0.351 e. The number of benzene rings is 2. The number of carbonyl (C=O) groups is 2. The summed E-state index contributed by atoms with van der Waals surface area (Å²) >= 11 is 6.05. The third-order valence-corrected chi connectivity index (χ3v) is 7.52. The molecule has 4 aromatic rings. The Balaban J connectivity index is 1.40. The highest BCUT2D eigenvalue weighted by atomic mass is 35.5. The van der Waals surface area contributed by atoms with Crippen LogP contribution in [0.4, 0.5) is 8.78 Å². The first-order valence-electron chi connectivity index (χ1n) is 12.6. The predicted molar refractivity (Wildman–Crippen MR) is 144 cm³/mol. The number of fused-ring (bicyclic) bond motifs is 1. The summed E-state index contributed by atoms with van der Waals surface area (Å²) in [6, 6.07) is 16.8. The smallest absolute Gasteiger partial charge is 0.281 e. The molecule has 2 heterocycles. The van der Waals surface area contributed by atoms with E-state index in [1.807, 2.05) is 49.4 Å². The van der Waals surface area contributed by atoms with E-state index < -0.39 is 17.9 Å². The van der Waals surface area contributed by atoms with Gasteiger partial charge < -0.3 is 9.88 Å². The fraction of sp³-hybridized carbons (Fsp3) is 0.300. The Kier molecular flexibility index (Phi) is 7.05. The highest BCUT2D eigenvalue weighted by Gasteiger charge is 2.44. The summed E-state index contributed by atoms with van der Waals surface area (Å²) < 4.78 is 29.6. The summed E-state index contributed by atoms with van der Waals surface area (Å²) in [4.78, 5) is 29.4. The van der Waals surface area contributed by atoms with Gasteiger partial charge in [-0.3, -0.25) is 14.6 Å². The topological polar surface area (TPSA) is 64.0 Å². The van der Waals surface area contributed by atoms with Crippen LogP contribution in [0.5, 0.6) is 0 Å². The van der Waals surface area contributed by atoms with E-state index in [0.717, 1.165) is 47.1 Å². The van der Waals surface area contributed by atoms with Crippen LogP contribution in [0.1, 0.15) is 60.3 Å². The summed E-state index contributed by atoms with van der Waals surface area (Å²) in [5, 5.41) is 4.45. The maximum Gasteiger partial charge on any atom is 0.281 e. The molecule has 2 aromatic carbocycles. The van der Waals surface area contributed by atoms with Crippen molar-refractivity contribution in [2.24, 2.45) is 5.41 Å². The van der Waals surface area contributed by atoms with Gasteiger partial charge in [-0.05, 0) is 72.9 Å². The summed E-state index contributed by atoms with van der Waals surface area (Å²) in [6.07, 6.45) is 0.0343. The number of alkyl halides is 2. The Labute approximate surface area is 224 Å². The third-order valence-electron chi connectivity index (χ3n) is 7.27. The van der Waals surface area contributed by atoms with Gasteiger partial charge in [0.05, 0.1) is 0 Å². The third kappa shape index (κ3) is 5.20. The number of carbonyl (C=O) groups excluding carboxylic acids is 2. The van der Waals surface area contributed by atoms with Crippen LogP contribution in [0.15, 0.2) is 60.8 Å². The number of halogens is 3. The molecule has 1 N–H and O–H groups in total. The Bertz CT molecular complexity index is 1520.